The summed E-state index contributed by atoms with van der Waals surface area (Å²) in [5, 5.41) is 10.7. The first kappa shape index (κ1) is 14.1. The van der Waals surface area contributed by atoms with Crippen molar-refractivity contribution in [2.45, 2.75) is 19.3 Å². The van der Waals surface area contributed by atoms with Crippen molar-refractivity contribution in [3.05, 3.63) is 35.4 Å². The number of rotatable bonds is 6. The van der Waals surface area contributed by atoms with Crippen molar-refractivity contribution in [1.29, 1.82) is 0 Å². The van der Waals surface area contributed by atoms with Gasteiger partial charge < -0.3 is 10.4 Å². The van der Waals surface area contributed by atoms with Crippen LogP contribution in [0.2, 0.25) is 0 Å². The molecule has 0 bridgehead atoms. The van der Waals surface area contributed by atoms with Crippen molar-refractivity contribution < 1.29 is 23.5 Å². The number of carboxylic acid groups (broad SMARTS) is 1. The van der Waals surface area contributed by atoms with Gasteiger partial charge in [-0.15, -0.1) is 0 Å². The molecule has 6 heteroatoms. The number of halogens is 2. The molecule has 1 aromatic rings. The number of hydrogen-bond donors (Lipinski definition) is 2. The van der Waals surface area contributed by atoms with E-state index in [1.807, 2.05) is 0 Å². The molecule has 0 radical (unpaired) electrons. The first-order valence-electron chi connectivity index (χ1n) is 5.42. The zero-order chi connectivity index (χ0) is 13.5. The third-order valence-corrected chi connectivity index (χ3v) is 2.31. The molecule has 0 saturated carbocycles. The maximum atomic E-state index is 13.2. The third kappa shape index (κ3) is 4.48. The van der Waals surface area contributed by atoms with Crippen molar-refractivity contribution in [1.82, 2.24) is 5.32 Å². The van der Waals surface area contributed by atoms with Crippen LogP contribution in [0, 0.1) is 11.6 Å². The van der Waals surface area contributed by atoms with E-state index in [1.54, 1.807) is 0 Å². The lowest BCUT2D eigenvalue weighted by Crippen LogP contribution is -2.26. The van der Waals surface area contributed by atoms with Crippen LogP contribution >= 0.6 is 0 Å². The van der Waals surface area contributed by atoms with Crippen LogP contribution < -0.4 is 5.32 Å². The smallest absolute Gasteiger partial charge is 0.305 e. The minimum Gasteiger partial charge on any atom is -0.481 e. The summed E-state index contributed by atoms with van der Waals surface area (Å²) in [6.07, 6.45) is -0.109. The Bertz CT molecular complexity index is 449. The Balaban J connectivity index is 2.38. The van der Waals surface area contributed by atoms with Gasteiger partial charge in [-0.2, -0.15) is 0 Å². The minimum absolute atomic E-state index is 0.0139. The highest BCUT2D eigenvalue weighted by molar-refractivity contribution is 5.77. The van der Waals surface area contributed by atoms with Gasteiger partial charge in [0, 0.05) is 13.0 Å². The van der Waals surface area contributed by atoms with Crippen molar-refractivity contribution in [2.24, 2.45) is 0 Å². The SMILES string of the molecule is O=C(O)CCNC(=O)CCc1cccc(F)c1F. The fourth-order valence-corrected chi connectivity index (χ4v) is 1.39. The van der Waals surface area contributed by atoms with Crippen molar-refractivity contribution in [3.8, 4) is 0 Å². The molecule has 1 amide bonds. The molecule has 0 atom stereocenters. The average molecular weight is 257 g/mol. The lowest BCUT2D eigenvalue weighted by atomic mass is 10.1. The van der Waals surface area contributed by atoms with E-state index in [-0.39, 0.29) is 37.3 Å². The summed E-state index contributed by atoms with van der Waals surface area (Å²) in [6.45, 7) is 0.0276. The van der Waals surface area contributed by atoms with Crippen LogP contribution in [0.4, 0.5) is 8.78 Å². The number of carbonyl (C=O) groups excluding carboxylic acids is 1. The molecule has 0 fully saturated rings. The highest BCUT2D eigenvalue weighted by Crippen LogP contribution is 2.12. The van der Waals surface area contributed by atoms with Crippen molar-refractivity contribution in [3.63, 3.8) is 0 Å². The molecule has 0 aliphatic carbocycles. The molecule has 0 aliphatic heterocycles. The Morgan fingerprint density at radius 1 is 1.22 bits per heavy atom. The van der Waals surface area contributed by atoms with Crippen LogP contribution in [-0.2, 0) is 16.0 Å². The summed E-state index contributed by atoms with van der Waals surface area (Å²) in [5.41, 5.74) is 0.128. The topological polar surface area (TPSA) is 66.4 Å². The summed E-state index contributed by atoms with van der Waals surface area (Å²) >= 11 is 0. The van der Waals surface area contributed by atoms with Crippen LogP contribution in [0.3, 0.4) is 0 Å². The standard InChI is InChI=1S/C12H13F2NO3/c13-9-3-1-2-8(12(9)14)4-5-10(16)15-7-6-11(17)18/h1-3H,4-7H2,(H,15,16)(H,17,18). The molecule has 98 valence electrons. The summed E-state index contributed by atoms with van der Waals surface area (Å²) < 4.78 is 26.1. The lowest BCUT2D eigenvalue weighted by Gasteiger charge is -2.05. The van der Waals surface area contributed by atoms with E-state index in [0.29, 0.717) is 0 Å². The zero-order valence-corrected chi connectivity index (χ0v) is 9.58. The molecule has 18 heavy (non-hydrogen) atoms. The Morgan fingerprint density at radius 3 is 2.61 bits per heavy atom. The molecular formula is C12H13F2NO3. The summed E-state index contributed by atoms with van der Waals surface area (Å²) in [6, 6.07) is 3.78. The largest absolute Gasteiger partial charge is 0.481 e. The molecule has 1 rings (SSSR count). The van der Waals surface area contributed by atoms with Crippen LogP contribution in [0.1, 0.15) is 18.4 Å². The summed E-state index contributed by atoms with van der Waals surface area (Å²) in [5.74, 6) is -3.29. The van der Waals surface area contributed by atoms with E-state index in [4.69, 9.17) is 5.11 Å². The molecule has 1 aromatic carbocycles. The monoisotopic (exact) mass is 257 g/mol. The number of aryl methyl sites for hydroxylation is 1. The number of carboxylic acids is 1. The number of amides is 1. The van der Waals surface area contributed by atoms with Gasteiger partial charge in [-0.1, -0.05) is 12.1 Å². The average Bonchev–Trinajstić information content (AvgIpc) is 2.30. The van der Waals surface area contributed by atoms with Crippen LogP contribution in [0.25, 0.3) is 0 Å². The lowest BCUT2D eigenvalue weighted by molar-refractivity contribution is -0.136. The number of hydrogen-bond acceptors (Lipinski definition) is 2. The van der Waals surface area contributed by atoms with Gasteiger partial charge in [-0.05, 0) is 18.1 Å². The zero-order valence-electron chi connectivity index (χ0n) is 9.58. The van der Waals surface area contributed by atoms with Gasteiger partial charge in [0.2, 0.25) is 5.91 Å². The van der Waals surface area contributed by atoms with E-state index >= 15 is 0 Å². The molecule has 0 saturated heterocycles. The Labute approximate surface area is 103 Å². The first-order valence-corrected chi connectivity index (χ1v) is 5.42. The van der Waals surface area contributed by atoms with E-state index in [0.717, 1.165) is 6.07 Å². The molecule has 4 nitrogen and oxygen atoms in total. The summed E-state index contributed by atoms with van der Waals surface area (Å²) in [7, 11) is 0. The van der Waals surface area contributed by atoms with Crippen molar-refractivity contribution >= 4 is 11.9 Å². The van der Waals surface area contributed by atoms with Gasteiger partial charge in [0.15, 0.2) is 11.6 Å². The molecule has 0 spiro atoms. The predicted octanol–water partition coefficient (Wildman–Crippen LogP) is 1.49. The maximum Gasteiger partial charge on any atom is 0.305 e. The van der Waals surface area contributed by atoms with Crippen LogP contribution in [-0.4, -0.2) is 23.5 Å². The van der Waals surface area contributed by atoms with Gasteiger partial charge >= 0.3 is 5.97 Å². The Kier molecular flexibility index (Phi) is 5.23. The second kappa shape index (κ2) is 6.68. The van der Waals surface area contributed by atoms with E-state index in [1.165, 1.54) is 12.1 Å². The number of benzene rings is 1. The second-order valence-electron chi connectivity index (χ2n) is 3.71. The Morgan fingerprint density at radius 2 is 1.94 bits per heavy atom. The number of aliphatic carboxylic acids is 1. The molecule has 2 N–H and O–H groups in total. The normalized spacial score (nSPS) is 10.1. The van der Waals surface area contributed by atoms with Gasteiger partial charge in [0.1, 0.15) is 0 Å². The highest BCUT2D eigenvalue weighted by Gasteiger charge is 2.09. The Hall–Kier alpha value is -1.98. The second-order valence-corrected chi connectivity index (χ2v) is 3.71. The quantitative estimate of drug-likeness (QED) is 0.811. The number of carbonyl (C=O) groups is 2. The fraction of sp³-hybridized carbons (Fsp3) is 0.333. The van der Waals surface area contributed by atoms with E-state index < -0.39 is 17.6 Å². The summed E-state index contributed by atoms with van der Waals surface area (Å²) in [4.78, 5) is 21.5. The molecule has 0 heterocycles. The van der Waals surface area contributed by atoms with Gasteiger partial charge in [-0.3, -0.25) is 9.59 Å². The number of nitrogens with one attached hydrogen (secondary N) is 1. The van der Waals surface area contributed by atoms with E-state index in [9.17, 15) is 18.4 Å². The molecular weight excluding hydrogens is 244 g/mol. The van der Waals surface area contributed by atoms with Gasteiger partial charge in [0.25, 0.3) is 0 Å². The van der Waals surface area contributed by atoms with Crippen LogP contribution in [0.15, 0.2) is 18.2 Å². The molecule has 0 unspecified atom stereocenters. The maximum absolute atomic E-state index is 13.2. The van der Waals surface area contributed by atoms with E-state index in [2.05, 4.69) is 5.32 Å². The van der Waals surface area contributed by atoms with Crippen molar-refractivity contribution in [2.75, 3.05) is 6.54 Å². The highest BCUT2D eigenvalue weighted by atomic mass is 19.2. The predicted molar refractivity (Wildman–Crippen MR) is 59.9 cm³/mol. The van der Waals surface area contributed by atoms with Gasteiger partial charge in [-0.25, -0.2) is 8.78 Å². The minimum atomic E-state index is -1.01. The fourth-order valence-electron chi connectivity index (χ4n) is 1.39. The first-order chi connectivity index (χ1) is 8.50. The van der Waals surface area contributed by atoms with Crippen LogP contribution in [0.5, 0.6) is 0 Å². The third-order valence-electron chi connectivity index (χ3n) is 2.31. The van der Waals surface area contributed by atoms with Gasteiger partial charge in [0.05, 0.1) is 6.42 Å². The molecule has 0 aliphatic rings. The molecule has 0 aromatic heterocycles.